The van der Waals surface area contributed by atoms with Crippen LogP contribution in [-0.4, -0.2) is 23.4 Å². The number of benzene rings is 4. The summed E-state index contributed by atoms with van der Waals surface area (Å²) in [7, 11) is 0. The number of hydrogen-bond acceptors (Lipinski definition) is 3. The average Bonchev–Trinajstić information content (AvgIpc) is 2.94. The van der Waals surface area contributed by atoms with Crippen LogP contribution in [-0.2, 0) is 12.8 Å². The molecular weight excluding hydrogens is 480 g/mol. The molecule has 0 aromatic heterocycles. The number of aliphatic hydroxyl groups is 1. The first-order valence-electron chi connectivity index (χ1n) is 14.1. The predicted octanol–water partition coefficient (Wildman–Crippen LogP) is 8.37. The minimum absolute atomic E-state index is 0.227. The zero-order valence-corrected chi connectivity index (χ0v) is 23.8. The molecule has 2 atom stereocenters. The maximum absolute atomic E-state index is 10.8. The van der Waals surface area contributed by atoms with Gasteiger partial charge in [-0.3, -0.25) is 0 Å². The maximum atomic E-state index is 10.8. The Morgan fingerprint density at radius 3 is 1.67 bits per heavy atom. The molecule has 0 radical (unpaired) electrons. The lowest BCUT2D eigenvalue weighted by atomic mass is 9.95. The third-order valence-electron chi connectivity index (χ3n) is 7.37. The monoisotopic (exact) mass is 522 g/mol. The molecule has 0 amide bonds. The minimum Gasteiger partial charge on any atom is -0.491 e. The summed E-state index contributed by atoms with van der Waals surface area (Å²) < 4.78 is 12.3. The molecule has 204 valence electrons. The van der Waals surface area contributed by atoms with Gasteiger partial charge in [-0.25, -0.2) is 0 Å². The van der Waals surface area contributed by atoms with Crippen molar-refractivity contribution in [2.45, 2.75) is 71.0 Å². The highest BCUT2D eigenvalue weighted by molar-refractivity contribution is 5.34. The van der Waals surface area contributed by atoms with Gasteiger partial charge >= 0.3 is 0 Å². The van der Waals surface area contributed by atoms with Crippen LogP contribution in [0.2, 0.25) is 0 Å². The molecule has 0 aliphatic carbocycles. The Balaban J connectivity index is 1.25. The van der Waals surface area contributed by atoms with Crippen LogP contribution in [0.3, 0.4) is 0 Å². The first kappa shape index (κ1) is 28.4. The summed E-state index contributed by atoms with van der Waals surface area (Å²) in [5.41, 5.74) is 5.95. The van der Waals surface area contributed by atoms with Gasteiger partial charge in [0.2, 0.25) is 0 Å². The Morgan fingerprint density at radius 1 is 0.667 bits per heavy atom. The van der Waals surface area contributed by atoms with Gasteiger partial charge in [0, 0.05) is 6.42 Å². The Morgan fingerprint density at radius 2 is 1.15 bits per heavy atom. The van der Waals surface area contributed by atoms with E-state index in [2.05, 4.69) is 100 Å². The molecule has 1 N–H and O–H groups in total. The third-order valence-corrected chi connectivity index (χ3v) is 7.37. The Bertz CT molecular complexity index is 1260. The molecule has 0 fully saturated rings. The largest absolute Gasteiger partial charge is 0.491 e. The second-order valence-electron chi connectivity index (χ2n) is 11.1. The van der Waals surface area contributed by atoms with E-state index in [1.54, 1.807) is 0 Å². The van der Waals surface area contributed by atoms with Crippen molar-refractivity contribution in [1.82, 2.24) is 0 Å². The fourth-order valence-corrected chi connectivity index (χ4v) is 4.76. The van der Waals surface area contributed by atoms with Gasteiger partial charge in [-0.1, -0.05) is 99.6 Å². The highest BCUT2D eigenvalue weighted by Crippen LogP contribution is 2.27. The topological polar surface area (TPSA) is 38.7 Å². The maximum Gasteiger partial charge on any atom is 0.120 e. The van der Waals surface area contributed by atoms with Crippen molar-refractivity contribution in [2.75, 3.05) is 6.61 Å². The lowest BCUT2D eigenvalue weighted by Gasteiger charge is -2.31. The van der Waals surface area contributed by atoms with E-state index in [1.165, 1.54) is 27.8 Å². The summed E-state index contributed by atoms with van der Waals surface area (Å²) in [6.45, 7) is 8.80. The summed E-state index contributed by atoms with van der Waals surface area (Å²) in [6.07, 6.45) is 2.42. The Hall–Kier alpha value is -3.56. The number of ether oxygens (including phenoxy) is 2. The Kier molecular flexibility index (Phi) is 9.84. The lowest BCUT2D eigenvalue weighted by molar-refractivity contribution is 0.00434. The van der Waals surface area contributed by atoms with Crippen molar-refractivity contribution in [3.63, 3.8) is 0 Å². The molecule has 0 aliphatic rings. The molecule has 4 aromatic rings. The molecule has 0 aliphatic heterocycles. The van der Waals surface area contributed by atoms with Gasteiger partial charge in [0.25, 0.3) is 0 Å². The minimum atomic E-state index is -0.633. The first-order chi connectivity index (χ1) is 18.8. The summed E-state index contributed by atoms with van der Waals surface area (Å²) in [5, 5.41) is 10.8. The number of aliphatic hydroxyl groups excluding tert-OH is 1. The van der Waals surface area contributed by atoms with Crippen molar-refractivity contribution in [3.05, 3.63) is 131 Å². The fourth-order valence-electron chi connectivity index (χ4n) is 4.76. The summed E-state index contributed by atoms with van der Waals surface area (Å²) in [4.78, 5) is 0. The van der Waals surface area contributed by atoms with E-state index in [9.17, 15) is 5.11 Å². The molecule has 4 rings (SSSR count). The summed E-state index contributed by atoms with van der Waals surface area (Å²) in [5.74, 6) is 2.13. The van der Waals surface area contributed by atoms with Gasteiger partial charge in [-0.2, -0.15) is 0 Å². The van der Waals surface area contributed by atoms with Crippen molar-refractivity contribution in [2.24, 2.45) is 0 Å². The van der Waals surface area contributed by atoms with Crippen molar-refractivity contribution in [1.29, 1.82) is 0 Å². The van der Waals surface area contributed by atoms with Crippen LogP contribution < -0.4 is 9.47 Å². The zero-order chi connectivity index (χ0) is 27.7. The van der Waals surface area contributed by atoms with Crippen molar-refractivity contribution in [3.8, 4) is 11.5 Å². The quantitative estimate of drug-likeness (QED) is 0.192. The zero-order valence-electron chi connectivity index (χ0n) is 23.8. The van der Waals surface area contributed by atoms with E-state index < -0.39 is 11.7 Å². The Labute approximate surface area is 234 Å². The highest BCUT2D eigenvalue weighted by atomic mass is 16.5. The fraction of sp³-hybridized carbons (Fsp3) is 0.333. The van der Waals surface area contributed by atoms with Gasteiger partial charge in [0.05, 0.1) is 6.10 Å². The van der Waals surface area contributed by atoms with E-state index in [4.69, 9.17) is 9.47 Å². The molecule has 39 heavy (non-hydrogen) atoms. The molecule has 0 bridgehead atoms. The van der Waals surface area contributed by atoms with Gasteiger partial charge in [0.1, 0.15) is 23.7 Å². The highest BCUT2D eigenvalue weighted by Gasteiger charge is 2.28. The number of rotatable bonds is 13. The normalized spacial score (nSPS) is 13.6. The van der Waals surface area contributed by atoms with Crippen LogP contribution in [0.4, 0.5) is 0 Å². The molecular formula is C36H42O3. The molecule has 3 nitrogen and oxygen atoms in total. The predicted molar refractivity (Wildman–Crippen MR) is 161 cm³/mol. The molecule has 0 saturated heterocycles. The second kappa shape index (κ2) is 13.5. The molecule has 0 saturated carbocycles. The molecule has 2 unspecified atom stereocenters. The molecule has 4 aromatic carbocycles. The average molecular weight is 523 g/mol. The van der Waals surface area contributed by atoms with Crippen LogP contribution in [0.1, 0.15) is 74.3 Å². The van der Waals surface area contributed by atoms with Gasteiger partial charge in [-0.05, 0) is 84.2 Å². The second-order valence-corrected chi connectivity index (χ2v) is 11.1. The first-order valence-corrected chi connectivity index (χ1v) is 14.1. The van der Waals surface area contributed by atoms with Crippen LogP contribution >= 0.6 is 0 Å². The van der Waals surface area contributed by atoms with Gasteiger partial charge < -0.3 is 14.6 Å². The van der Waals surface area contributed by atoms with E-state index in [0.29, 0.717) is 12.3 Å². The van der Waals surface area contributed by atoms with E-state index in [-0.39, 0.29) is 6.61 Å². The van der Waals surface area contributed by atoms with Crippen LogP contribution in [0.15, 0.2) is 103 Å². The smallest absolute Gasteiger partial charge is 0.120 e. The molecule has 3 heteroatoms. The van der Waals surface area contributed by atoms with E-state index in [0.717, 1.165) is 30.8 Å². The van der Waals surface area contributed by atoms with Crippen LogP contribution in [0.5, 0.6) is 11.5 Å². The molecule has 0 spiro atoms. The van der Waals surface area contributed by atoms with Crippen LogP contribution in [0.25, 0.3) is 0 Å². The van der Waals surface area contributed by atoms with Crippen LogP contribution in [0, 0.1) is 0 Å². The third kappa shape index (κ3) is 8.73. The molecule has 0 heterocycles. The number of hydrogen-bond donors (Lipinski definition) is 1. The van der Waals surface area contributed by atoms with E-state index in [1.807, 2.05) is 30.3 Å². The lowest BCUT2D eigenvalue weighted by Crippen LogP contribution is -2.37. The van der Waals surface area contributed by atoms with E-state index >= 15 is 0 Å². The summed E-state index contributed by atoms with van der Waals surface area (Å²) in [6, 6.07) is 35.7. The SMILES string of the molecule is CCC(C)(CC(O)COc1ccc(Cc2ccc(C(C)C)cc2)cc1)Oc1ccc(Cc2ccccc2)cc1. The van der Waals surface area contributed by atoms with Crippen molar-refractivity contribution < 1.29 is 14.6 Å². The summed E-state index contributed by atoms with van der Waals surface area (Å²) >= 11 is 0. The van der Waals surface area contributed by atoms with Crippen molar-refractivity contribution >= 4 is 0 Å². The standard InChI is InChI=1S/C36H42O3/c1-5-36(4,39-35-21-15-31(16-22-35)23-28-9-7-6-8-10-28)25-33(37)26-38-34-19-13-30(14-20-34)24-29-11-17-32(18-12-29)27(2)3/h6-22,27,33,37H,5,23-26H2,1-4H3. The van der Waals surface area contributed by atoms with Gasteiger partial charge in [0.15, 0.2) is 0 Å². The van der Waals surface area contributed by atoms with Gasteiger partial charge in [-0.15, -0.1) is 0 Å².